The quantitative estimate of drug-likeness (QED) is 0.730. The first-order valence-corrected chi connectivity index (χ1v) is 9.54. The van der Waals surface area contributed by atoms with Gasteiger partial charge in [-0.05, 0) is 75.2 Å². The van der Waals surface area contributed by atoms with Gasteiger partial charge in [0.15, 0.2) is 0 Å². The van der Waals surface area contributed by atoms with Gasteiger partial charge < -0.3 is 20.7 Å². The smallest absolute Gasteiger partial charge is 0.221 e. The summed E-state index contributed by atoms with van der Waals surface area (Å²) in [7, 11) is 0. The number of piperidine rings is 1. The van der Waals surface area contributed by atoms with Gasteiger partial charge in [-0.2, -0.15) is 5.26 Å². The van der Waals surface area contributed by atoms with Crippen molar-refractivity contribution < 1.29 is 9.53 Å². The minimum atomic E-state index is -0.110. The Morgan fingerprint density at radius 2 is 1.82 bits per heavy atom. The lowest BCUT2D eigenvalue weighted by atomic mass is 10.1. The highest BCUT2D eigenvalue weighted by Crippen LogP contribution is 2.34. The highest BCUT2D eigenvalue weighted by molar-refractivity contribution is 5.93. The van der Waals surface area contributed by atoms with E-state index >= 15 is 0 Å². The molecule has 1 amide bonds. The van der Waals surface area contributed by atoms with E-state index < -0.39 is 0 Å². The van der Waals surface area contributed by atoms with Crippen molar-refractivity contribution in [2.24, 2.45) is 0 Å². The number of anilines is 2. The number of rotatable bonds is 5. The van der Waals surface area contributed by atoms with Crippen LogP contribution in [0.15, 0.2) is 30.3 Å². The topological polar surface area (TPSA) is 86.2 Å². The van der Waals surface area contributed by atoms with Crippen LogP contribution < -0.4 is 20.7 Å². The Hall–Kier alpha value is -3.04. The molecule has 0 atom stereocenters. The van der Waals surface area contributed by atoms with Crippen LogP contribution in [0.5, 0.6) is 11.5 Å². The van der Waals surface area contributed by atoms with Gasteiger partial charge in [-0.1, -0.05) is 0 Å². The normalized spacial score (nSPS) is 14.2. The summed E-state index contributed by atoms with van der Waals surface area (Å²) in [5, 5.41) is 18.9. The third kappa shape index (κ3) is 4.81. The molecule has 1 aliphatic heterocycles. The van der Waals surface area contributed by atoms with E-state index in [-0.39, 0.29) is 5.91 Å². The second kappa shape index (κ2) is 8.77. The number of hydrogen-bond acceptors (Lipinski definition) is 5. The van der Waals surface area contributed by atoms with E-state index in [1.807, 2.05) is 44.2 Å². The number of nitriles is 1. The lowest BCUT2D eigenvalue weighted by Crippen LogP contribution is -2.35. The summed E-state index contributed by atoms with van der Waals surface area (Å²) in [6.45, 7) is 7.33. The lowest BCUT2D eigenvalue weighted by Gasteiger charge is -2.26. The minimum Gasteiger partial charge on any atom is -0.457 e. The van der Waals surface area contributed by atoms with E-state index in [2.05, 4.69) is 22.0 Å². The summed E-state index contributed by atoms with van der Waals surface area (Å²) in [5.41, 5.74) is 4.04. The Labute approximate surface area is 165 Å². The third-order valence-electron chi connectivity index (χ3n) is 4.81. The van der Waals surface area contributed by atoms with E-state index in [0.717, 1.165) is 54.2 Å². The number of aryl methyl sites for hydroxylation is 2. The average molecular weight is 378 g/mol. The molecule has 1 aliphatic rings. The predicted molar refractivity (Wildman–Crippen MR) is 111 cm³/mol. The van der Waals surface area contributed by atoms with Gasteiger partial charge in [0.25, 0.3) is 0 Å². The highest BCUT2D eigenvalue weighted by atomic mass is 16.5. The van der Waals surface area contributed by atoms with Crippen molar-refractivity contribution in [1.82, 2.24) is 5.32 Å². The molecular weight excluding hydrogens is 352 g/mol. The van der Waals surface area contributed by atoms with Gasteiger partial charge in [0.1, 0.15) is 11.5 Å². The summed E-state index contributed by atoms with van der Waals surface area (Å²) >= 11 is 0. The molecule has 0 spiro atoms. The van der Waals surface area contributed by atoms with Gasteiger partial charge in [-0.3, -0.25) is 4.79 Å². The van der Waals surface area contributed by atoms with Gasteiger partial charge in [0.2, 0.25) is 5.91 Å². The average Bonchev–Trinajstić information content (AvgIpc) is 2.67. The molecule has 6 heteroatoms. The van der Waals surface area contributed by atoms with Crippen molar-refractivity contribution in [3.8, 4) is 17.6 Å². The third-order valence-corrected chi connectivity index (χ3v) is 4.81. The molecule has 3 N–H and O–H groups in total. The number of carbonyl (C=O) groups excluding carboxylic acids is 1. The van der Waals surface area contributed by atoms with E-state index in [9.17, 15) is 4.79 Å². The van der Waals surface area contributed by atoms with Crippen LogP contribution in [-0.2, 0) is 4.79 Å². The van der Waals surface area contributed by atoms with Gasteiger partial charge in [0, 0.05) is 19.0 Å². The fraction of sp³-hybridized carbons (Fsp3) is 0.364. The van der Waals surface area contributed by atoms with E-state index in [0.29, 0.717) is 17.4 Å². The Morgan fingerprint density at radius 3 is 2.43 bits per heavy atom. The van der Waals surface area contributed by atoms with E-state index in [4.69, 9.17) is 10.00 Å². The van der Waals surface area contributed by atoms with Crippen molar-refractivity contribution in [3.05, 3.63) is 47.0 Å². The van der Waals surface area contributed by atoms with Gasteiger partial charge in [-0.25, -0.2) is 0 Å². The number of amides is 1. The second-order valence-electron chi connectivity index (χ2n) is 7.21. The van der Waals surface area contributed by atoms with Gasteiger partial charge in [0.05, 0.1) is 23.0 Å². The molecular formula is C22H26N4O2. The van der Waals surface area contributed by atoms with Crippen molar-refractivity contribution in [2.75, 3.05) is 23.7 Å². The molecule has 28 heavy (non-hydrogen) atoms. The van der Waals surface area contributed by atoms with Crippen LogP contribution in [0.1, 0.15) is 36.5 Å². The van der Waals surface area contributed by atoms with Crippen molar-refractivity contribution in [1.29, 1.82) is 5.26 Å². The molecule has 1 fully saturated rings. The molecule has 1 saturated heterocycles. The second-order valence-corrected chi connectivity index (χ2v) is 7.21. The highest BCUT2D eigenvalue weighted by Gasteiger charge is 2.16. The summed E-state index contributed by atoms with van der Waals surface area (Å²) < 4.78 is 6.15. The lowest BCUT2D eigenvalue weighted by molar-refractivity contribution is -0.114. The fourth-order valence-corrected chi connectivity index (χ4v) is 3.48. The largest absolute Gasteiger partial charge is 0.457 e. The molecule has 0 radical (unpaired) electrons. The summed E-state index contributed by atoms with van der Waals surface area (Å²) in [5.74, 6) is 1.32. The molecule has 0 aromatic heterocycles. The Kier molecular flexibility index (Phi) is 6.17. The molecule has 1 heterocycles. The summed E-state index contributed by atoms with van der Waals surface area (Å²) in [6, 6.07) is 11.8. The molecule has 146 valence electrons. The van der Waals surface area contributed by atoms with Crippen molar-refractivity contribution in [2.45, 2.75) is 39.7 Å². The first-order valence-electron chi connectivity index (χ1n) is 9.54. The van der Waals surface area contributed by atoms with Gasteiger partial charge >= 0.3 is 0 Å². The van der Waals surface area contributed by atoms with Crippen LogP contribution >= 0.6 is 0 Å². The number of nitrogens with one attached hydrogen (secondary N) is 3. The Bertz CT molecular complexity index is 888. The van der Waals surface area contributed by atoms with Crippen LogP contribution in [0.2, 0.25) is 0 Å². The first-order chi connectivity index (χ1) is 13.5. The summed E-state index contributed by atoms with van der Waals surface area (Å²) in [4.78, 5) is 11.6. The molecule has 6 nitrogen and oxygen atoms in total. The molecule has 2 aromatic rings. The number of nitrogens with zero attached hydrogens (tertiary/aromatic N) is 1. The van der Waals surface area contributed by atoms with Crippen LogP contribution in [0, 0.1) is 25.2 Å². The Morgan fingerprint density at radius 1 is 1.14 bits per heavy atom. The summed E-state index contributed by atoms with van der Waals surface area (Å²) in [6.07, 6.45) is 2.05. The predicted octanol–water partition coefficient (Wildman–Crippen LogP) is 4.09. The van der Waals surface area contributed by atoms with Gasteiger partial charge in [-0.15, -0.1) is 0 Å². The maximum absolute atomic E-state index is 11.6. The molecule has 0 bridgehead atoms. The van der Waals surface area contributed by atoms with Crippen LogP contribution in [0.3, 0.4) is 0 Å². The molecule has 0 unspecified atom stereocenters. The molecule has 0 saturated carbocycles. The molecule has 3 rings (SSSR count). The fourth-order valence-electron chi connectivity index (χ4n) is 3.48. The van der Waals surface area contributed by atoms with Crippen LogP contribution in [0.25, 0.3) is 0 Å². The number of carbonyl (C=O) groups is 1. The number of benzene rings is 2. The molecule has 0 aliphatic carbocycles. The SMILES string of the molecule is CC(=O)Nc1ccc(Oc2c(C)cc(C#N)cc2C)cc1NC1CCNCC1. The zero-order chi connectivity index (χ0) is 20.1. The van der Waals surface area contributed by atoms with E-state index in [1.54, 1.807) is 0 Å². The Balaban J connectivity index is 1.88. The zero-order valence-electron chi connectivity index (χ0n) is 16.6. The van der Waals surface area contributed by atoms with Crippen molar-refractivity contribution in [3.63, 3.8) is 0 Å². The maximum Gasteiger partial charge on any atom is 0.221 e. The maximum atomic E-state index is 11.6. The number of ether oxygens (including phenoxy) is 1. The van der Waals surface area contributed by atoms with Crippen molar-refractivity contribution >= 4 is 17.3 Å². The van der Waals surface area contributed by atoms with Crippen LogP contribution in [-0.4, -0.2) is 25.0 Å². The monoisotopic (exact) mass is 378 g/mol. The minimum absolute atomic E-state index is 0.110. The zero-order valence-corrected chi connectivity index (χ0v) is 16.6. The standard InChI is InChI=1S/C22H26N4O2/c1-14-10-17(13-23)11-15(2)22(14)28-19-4-5-20(25-16(3)27)21(12-19)26-18-6-8-24-9-7-18/h4-5,10-12,18,24,26H,6-9H2,1-3H3,(H,25,27). The first kappa shape index (κ1) is 19.7. The molecule has 2 aromatic carbocycles. The van der Waals surface area contributed by atoms with E-state index in [1.165, 1.54) is 6.92 Å². The van der Waals surface area contributed by atoms with Crippen LogP contribution in [0.4, 0.5) is 11.4 Å². The number of hydrogen-bond donors (Lipinski definition) is 3.